The van der Waals surface area contributed by atoms with Gasteiger partial charge < -0.3 is 20.9 Å². The largest absolute Gasteiger partial charge is 0.399 e. The molecule has 45 heavy (non-hydrogen) atoms. The van der Waals surface area contributed by atoms with Crippen LogP contribution in [0, 0.1) is 5.92 Å². The number of ether oxygens (including phenoxy) is 2. The van der Waals surface area contributed by atoms with Crippen molar-refractivity contribution >= 4 is 23.2 Å². The van der Waals surface area contributed by atoms with Crippen LogP contribution in [0.1, 0.15) is 89.3 Å². The van der Waals surface area contributed by atoms with Crippen molar-refractivity contribution < 1.29 is 14.3 Å². The Morgan fingerprint density at radius 1 is 0.933 bits per heavy atom. The lowest BCUT2D eigenvalue weighted by molar-refractivity contribution is -0.116. The first-order chi connectivity index (χ1) is 21.5. The molecule has 4 N–H and O–H groups in total. The first kappa shape index (κ1) is 43.5. The predicted octanol–water partition coefficient (Wildman–Crippen LogP) is 10.2. The topological polar surface area (TPSA) is 87.6 Å². The summed E-state index contributed by atoms with van der Waals surface area (Å²) < 4.78 is 9.65. The molecule has 0 saturated heterocycles. The molecule has 2 aromatic carbocycles. The molecule has 5 nitrogen and oxygen atoms in total. The van der Waals surface area contributed by atoms with Gasteiger partial charge in [-0.1, -0.05) is 93.8 Å². The molecule has 0 spiro atoms. The minimum atomic E-state index is 0.238. The number of ketones is 1. The first-order valence-corrected chi connectivity index (χ1v) is 15.9. The van der Waals surface area contributed by atoms with Crippen molar-refractivity contribution in [2.24, 2.45) is 5.92 Å². The second-order valence-electron chi connectivity index (χ2n) is 10.9. The van der Waals surface area contributed by atoms with E-state index in [1.165, 1.54) is 24.0 Å². The van der Waals surface area contributed by atoms with Gasteiger partial charge in [-0.2, -0.15) is 0 Å². The lowest BCUT2D eigenvalue weighted by Crippen LogP contribution is -2.16. The van der Waals surface area contributed by atoms with Crippen molar-refractivity contribution in [3.63, 3.8) is 0 Å². The molecule has 0 bridgehead atoms. The number of hydrogen-bond acceptors (Lipinski definition) is 5. The fourth-order valence-corrected chi connectivity index (χ4v) is 4.49. The Morgan fingerprint density at radius 3 is 1.93 bits per heavy atom. The monoisotopic (exact) mass is 618 g/mol. The van der Waals surface area contributed by atoms with Crippen LogP contribution in [0.25, 0.3) is 6.08 Å². The molecule has 0 radical (unpaired) electrons. The molecule has 5 heteroatoms. The van der Waals surface area contributed by atoms with E-state index in [2.05, 4.69) is 56.7 Å². The number of methoxy groups -OCH3 is 2. The molecule has 0 unspecified atom stereocenters. The molecule has 0 aromatic heterocycles. The van der Waals surface area contributed by atoms with Gasteiger partial charge in [0, 0.05) is 32.0 Å². The summed E-state index contributed by atoms with van der Waals surface area (Å²) in [6.45, 7) is 25.4. The number of hydrogen-bond donors (Lipinski definition) is 2. The van der Waals surface area contributed by atoms with E-state index in [-0.39, 0.29) is 5.78 Å². The quantitative estimate of drug-likeness (QED) is 0.113. The van der Waals surface area contributed by atoms with Crippen molar-refractivity contribution in [3.05, 3.63) is 115 Å². The van der Waals surface area contributed by atoms with Crippen LogP contribution < -0.4 is 11.5 Å². The second-order valence-corrected chi connectivity index (χ2v) is 10.9. The molecule has 1 aliphatic carbocycles. The Morgan fingerprint density at radius 2 is 1.51 bits per heavy atom. The molecule has 3 rings (SSSR count). The molecule has 2 aromatic rings. The van der Waals surface area contributed by atoms with E-state index in [0.717, 1.165) is 36.1 Å². The summed E-state index contributed by atoms with van der Waals surface area (Å²) in [5, 5.41) is 0. The van der Waals surface area contributed by atoms with Crippen LogP contribution in [0.5, 0.6) is 0 Å². The highest BCUT2D eigenvalue weighted by Crippen LogP contribution is 2.37. The predicted molar refractivity (Wildman–Crippen MR) is 200 cm³/mol. The fourth-order valence-electron chi connectivity index (χ4n) is 4.49. The van der Waals surface area contributed by atoms with Crippen molar-refractivity contribution in [1.82, 2.24) is 0 Å². The van der Waals surface area contributed by atoms with Crippen molar-refractivity contribution in [1.29, 1.82) is 0 Å². The van der Waals surface area contributed by atoms with E-state index in [0.29, 0.717) is 42.7 Å². The second kappa shape index (κ2) is 27.8. The third kappa shape index (κ3) is 21.6. The van der Waals surface area contributed by atoms with Crippen molar-refractivity contribution in [2.45, 2.75) is 79.1 Å². The third-order valence-corrected chi connectivity index (χ3v) is 6.77. The number of allylic oxidation sites excluding steroid dienone is 4. The summed E-state index contributed by atoms with van der Waals surface area (Å²) in [6.07, 6.45) is 13.8. The zero-order valence-electron chi connectivity index (χ0n) is 29.4. The van der Waals surface area contributed by atoms with Crippen molar-refractivity contribution in [3.8, 4) is 0 Å². The average Bonchev–Trinajstić information content (AvgIpc) is 3.02. The molecule has 1 aliphatic rings. The highest BCUT2D eigenvalue weighted by atomic mass is 16.5. The Hall–Kier alpha value is -3.67. The maximum atomic E-state index is 11.8. The zero-order chi connectivity index (χ0) is 34.6. The molecule has 0 aliphatic heterocycles. The van der Waals surface area contributed by atoms with Crippen LogP contribution >= 0.6 is 0 Å². The third-order valence-electron chi connectivity index (χ3n) is 6.77. The van der Waals surface area contributed by atoms with Crippen LogP contribution in [0.15, 0.2) is 98.2 Å². The molecule has 0 heterocycles. The van der Waals surface area contributed by atoms with E-state index in [4.69, 9.17) is 20.9 Å². The zero-order valence-corrected chi connectivity index (χ0v) is 29.4. The number of benzene rings is 2. The van der Waals surface area contributed by atoms with Crippen molar-refractivity contribution in [2.75, 3.05) is 38.9 Å². The summed E-state index contributed by atoms with van der Waals surface area (Å²) >= 11 is 0. The van der Waals surface area contributed by atoms with Crippen LogP contribution in [0.4, 0.5) is 11.4 Å². The van der Waals surface area contributed by atoms with Gasteiger partial charge in [-0.3, -0.25) is 4.79 Å². The summed E-state index contributed by atoms with van der Waals surface area (Å²) in [6, 6.07) is 14.4. The fraction of sp³-hybridized carbons (Fsp3) is 0.425. The number of carbonyl (C=O) groups is 1. The van der Waals surface area contributed by atoms with E-state index in [1.54, 1.807) is 32.4 Å². The maximum absolute atomic E-state index is 11.8. The molecule has 0 amide bonds. The van der Waals surface area contributed by atoms with Crippen LogP contribution in [-0.4, -0.2) is 33.2 Å². The lowest BCUT2D eigenvalue weighted by Gasteiger charge is -2.28. The van der Waals surface area contributed by atoms with E-state index in [9.17, 15) is 4.79 Å². The smallest absolute Gasteiger partial charge is 0.158 e. The van der Waals surface area contributed by atoms with Gasteiger partial charge in [-0.15, -0.1) is 6.58 Å². The van der Waals surface area contributed by atoms with Crippen LogP contribution in [-0.2, 0) is 20.7 Å². The average molecular weight is 619 g/mol. The van der Waals surface area contributed by atoms with Gasteiger partial charge in [-0.25, -0.2) is 0 Å². The Labute approximate surface area is 275 Å². The SMILES string of the molecule is C=C(C)COC.C=C/C=C/c1ccc(C2CCC(CC(=O)C(=C)C)CC2)cc1.C=CC.CC.COCCc1ccc(N)cc1N. The molecule has 0 atom stereocenters. The molecular formula is C40H62N2O3. The number of nitrogens with two attached hydrogens (primary N) is 2. The molecule has 1 saturated carbocycles. The van der Waals surface area contributed by atoms with Gasteiger partial charge in [0.05, 0.1) is 13.2 Å². The van der Waals surface area contributed by atoms with Gasteiger partial charge in [0.1, 0.15) is 0 Å². The Kier molecular flexibility index (Phi) is 26.9. The van der Waals surface area contributed by atoms with Gasteiger partial charge in [-0.05, 0) is 99.1 Å². The normalized spacial score (nSPS) is 14.8. The van der Waals surface area contributed by atoms with E-state index in [1.807, 2.05) is 52.8 Å². The molecule has 1 fully saturated rings. The summed E-state index contributed by atoms with van der Waals surface area (Å²) in [5.74, 6) is 1.44. The summed E-state index contributed by atoms with van der Waals surface area (Å²) in [5.41, 5.74) is 18.2. The van der Waals surface area contributed by atoms with Gasteiger partial charge in [0.15, 0.2) is 5.78 Å². The Bertz CT molecular complexity index is 1140. The molecular weight excluding hydrogens is 556 g/mol. The van der Waals surface area contributed by atoms with E-state index < -0.39 is 0 Å². The maximum Gasteiger partial charge on any atom is 0.158 e. The minimum absolute atomic E-state index is 0.238. The summed E-state index contributed by atoms with van der Waals surface area (Å²) in [4.78, 5) is 11.8. The van der Waals surface area contributed by atoms with Crippen LogP contribution in [0.3, 0.4) is 0 Å². The number of carbonyl (C=O) groups excluding carboxylic acids is 1. The van der Waals surface area contributed by atoms with Gasteiger partial charge >= 0.3 is 0 Å². The van der Waals surface area contributed by atoms with Crippen LogP contribution in [0.2, 0.25) is 0 Å². The molecule has 250 valence electrons. The Balaban J connectivity index is 0. The summed E-state index contributed by atoms with van der Waals surface area (Å²) in [7, 11) is 3.34. The highest BCUT2D eigenvalue weighted by molar-refractivity contribution is 5.94. The highest BCUT2D eigenvalue weighted by Gasteiger charge is 2.24. The lowest BCUT2D eigenvalue weighted by atomic mass is 9.76. The minimum Gasteiger partial charge on any atom is -0.399 e. The number of Topliss-reactive ketones (excluding diaryl/α,β-unsaturated/α-hetero) is 1. The number of anilines is 2. The number of nitrogen functional groups attached to an aromatic ring is 2. The van der Waals surface area contributed by atoms with Gasteiger partial charge in [0.2, 0.25) is 0 Å². The first-order valence-electron chi connectivity index (χ1n) is 15.9. The number of rotatable bonds is 11. The van der Waals surface area contributed by atoms with Gasteiger partial charge in [0.25, 0.3) is 0 Å². The standard InChI is InChI=1S/C21H26O.C9H14N2O.C5H10O.C3H6.C2H6/c1-4-5-6-17-7-11-19(12-8-17)20-13-9-18(10-14-20)15-21(22)16(2)3;1-12-5-4-7-2-3-8(10)6-9(7)11;1-5(2)4-6-3;1-3-2;1-2/h4-8,11-12,18,20H,1-2,9-10,13-15H2,3H3;2-3,6H,4-5,10-11H2,1H3;1,4H2,2-3H3;3H,1H2,2H3;1-2H3/b6-5+;;;;. The van der Waals surface area contributed by atoms with E-state index >= 15 is 0 Å².